The number of carbonyl (C=O) groups is 1. The highest BCUT2D eigenvalue weighted by molar-refractivity contribution is 6.02. The Bertz CT molecular complexity index is 743. The fourth-order valence-corrected chi connectivity index (χ4v) is 4.08. The van der Waals surface area contributed by atoms with Gasteiger partial charge >= 0.3 is 6.09 Å². The number of nitrogens with one attached hydrogen (secondary N) is 4. The Morgan fingerprint density at radius 1 is 1.24 bits per heavy atom. The van der Waals surface area contributed by atoms with E-state index in [-0.39, 0.29) is 17.7 Å². The van der Waals surface area contributed by atoms with Crippen LogP contribution in [-0.4, -0.2) is 39.6 Å². The number of nitrogens with two attached hydrogens (primary N) is 1. The van der Waals surface area contributed by atoms with E-state index in [1.54, 1.807) is 0 Å². The second kappa shape index (κ2) is 9.28. The molecule has 2 aliphatic rings. The molecule has 1 heterocycles. The summed E-state index contributed by atoms with van der Waals surface area (Å²) >= 11 is 0. The average molecular weight is 404 g/mol. The summed E-state index contributed by atoms with van der Waals surface area (Å²) < 4.78 is 0. The van der Waals surface area contributed by atoms with Crippen LogP contribution in [0, 0.1) is 23.2 Å². The molecule has 3 rings (SSSR count). The predicted molar refractivity (Wildman–Crippen MR) is 114 cm³/mol. The van der Waals surface area contributed by atoms with Crippen molar-refractivity contribution in [3.63, 3.8) is 0 Å². The van der Waals surface area contributed by atoms with Crippen LogP contribution < -0.4 is 21.7 Å². The van der Waals surface area contributed by atoms with E-state index in [0.29, 0.717) is 23.3 Å². The van der Waals surface area contributed by atoms with Crippen molar-refractivity contribution in [1.29, 1.82) is 5.41 Å². The Kier molecular flexibility index (Phi) is 6.76. The minimum absolute atomic E-state index is 0.0368. The van der Waals surface area contributed by atoms with Gasteiger partial charge < -0.3 is 21.5 Å². The summed E-state index contributed by atoms with van der Waals surface area (Å²) in [6.07, 6.45) is 7.17. The van der Waals surface area contributed by atoms with E-state index in [1.165, 1.54) is 44.9 Å². The normalized spacial score (nSPS) is 23.0. The maximum absolute atomic E-state index is 10.9. The highest BCUT2D eigenvalue weighted by Gasteiger charge is 2.26. The zero-order chi connectivity index (χ0) is 21.0. The zero-order valence-corrected chi connectivity index (χ0v) is 17.3. The Morgan fingerprint density at radius 3 is 2.52 bits per heavy atom. The molecule has 9 nitrogen and oxygen atoms in total. The topological polar surface area (TPSA) is 149 Å². The molecule has 0 aliphatic heterocycles. The number of nitrogen functional groups attached to an aromatic ring is 1. The smallest absolute Gasteiger partial charge is 0.410 e. The lowest BCUT2D eigenvalue weighted by atomic mass is 9.80. The van der Waals surface area contributed by atoms with E-state index in [9.17, 15) is 4.79 Å². The lowest BCUT2D eigenvalue weighted by Gasteiger charge is -2.33. The number of nitrogens with zero attached hydrogens (tertiary/aromatic N) is 2. The van der Waals surface area contributed by atoms with Crippen molar-refractivity contribution in [2.45, 2.75) is 64.8 Å². The molecule has 2 fully saturated rings. The van der Waals surface area contributed by atoms with E-state index in [2.05, 4.69) is 34.4 Å². The molecule has 7 N–H and O–H groups in total. The Morgan fingerprint density at radius 2 is 1.93 bits per heavy atom. The summed E-state index contributed by atoms with van der Waals surface area (Å²) in [5.41, 5.74) is 6.84. The summed E-state index contributed by atoms with van der Waals surface area (Å²) in [6.45, 7) is 5.23. The molecule has 2 saturated carbocycles. The Labute approximate surface area is 171 Å². The molecule has 0 radical (unpaired) electrons. The van der Waals surface area contributed by atoms with Gasteiger partial charge in [-0.15, -0.1) is 0 Å². The molecule has 2 aliphatic carbocycles. The second-order valence-corrected chi connectivity index (χ2v) is 8.59. The van der Waals surface area contributed by atoms with Crippen LogP contribution in [0.4, 0.5) is 22.1 Å². The fourth-order valence-electron chi connectivity index (χ4n) is 4.08. The van der Waals surface area contributed by atoms with Gasteiger partial charge in [-0.3, -0.25) is 10.7 Å². The third kappa shape index (κ3) is 5.48. The molecule has 0 bridgehead atoms. The molecule has 9 heteroatoms. The van der Waals surface area contributed by atoms with E-state index in [0.717, 1.165) is 12.5 Å². The average Bonchev–Trinajstić information content (AvgIpc) is 2.60. The molecule has 0 spiro atoms. The molecule has 0 aromatic carbocycles. The van der Waals surface area contributed by atoms with Crippen LogP contribution in [0.5, 0.6) is 0 Å². The van der Waals surface area contributed by atoms with Crippen molar-refractivity contribution >= 4 is 29.3 Å². The van der Waals surface area contributed by atoms with Crippen LogP contribution in [-0.2, 0) is 0 Å². The summed E-state index contributed by atoms with van der Waals surface area (Å²) in [5, 5.41) is 25.6. The molecular weight excluding hydrogens is 370 g/mol. The maximum atomic E-state index is 10.9. The van der Waals surface area contributed by atoms with Crippen LogP contribution in [0.3, 0.4) is 0 Å². The minimum atomic E-state index is -1.33. The van der Waals surface area contributed by atoms with Crippen molar-refractivity contribution in [2.75, 3.05) is 22.9 Å². The van der Waals surface area contributed by atoms with Gasteiger partial charge in [-0.05, 0) is 50.4 Å². The van der Waals surface area contributed by atoms with E-state index in [4.69, 9.17) is 16.2 Å². The van der Waals surface area contributed by atoms with Crippen LogP contribution >= 0.6 is 0 Å². The van der Waals surface area contributed by atoms with Crippen molar-refractivity contribution < 1.29 is 9.90 Å². The van der Waals surface area contributed by atoms with Crippen molar-refractivity contribution in [3.05, 3.63) is 5.82 Å². The molecular formula is C20H33N7O2. The van der Waals surface area contributed by atoms with Crippen LogP contribution in [0.15, 0.2) is 0 Å². The number of carboxylic acid groups (broad SMARTS) is 1. The number of amides is 1. The van der Waals surface area contributed by atoms with E-state index in [1.807, 2.05) is 5.32 Å². The third-order valence-electron chi connectivity index (χ3n) is 6.32. The van der Waals surface area contributed by atoms with Gasteiger partial charge in [0.25, 0.3) is 0 Å². The lowest BCUT2D eigenvalue weighted by molar-refractivity contribution is 0.200. The first-order valence-electron chi connectivity index (χ1n) is 10.6. The van der Waals surface area contributed by atoms with Crippen LogP contribution in [0.2, 0.25) is 0 Å². The van der Waals surface area contributed by atoms with Gasteiger partial charge in [0.1, 0.15) is 5.69 Å². The predicted octanol–water partition coefficient (Wildman–Crippen LogP) is 3.49. The first-order valence-corrected chi connectivity index (χ1v) is 10.6. The van der Waals surface area contributed by atoms with Crippen LogP contribution in [0.25, 0.3) is 0 Å². The van der Waals surface area contributed by atoms with Crippen molar-refractivity contribution in [2.24, 2.45) is 17.8 Å². The van der Waals surface area contributed by atoms with Gasteiger partial charge in [0, 0.05) is 12.6 Å². The van der Waals surface area contributed by atoms with Gasteiger partial charge in [0.2, 0.25) is 0 Å². The summed E-state index contributed by atoms with van der Waals surface area (Å²) in [6, 6.07) is 0.212. The molecule has 1 amide bonds. The largest absolute Gasteiger partial charge is 0.465 e. The molecule has 1 aromatic heterocycles. The number of hydrogen-bond donors (Lipinski definition) is 6. The number of hydrogen-bond acceptors (Lipinski definition) is 7. The summed E-state index contributed by atoms with van der Waals surface area (Å²) in [7, 11) is 0. The Hall–Kier alpha value is -2.58. The monoisotopic (exact) mass is 403 g/mol. The Balaban J connectivity index is 1.78. The molecule has 160 valence electrons. The second-order valence-electron chi connectivity index (χ2n) is 8.59. The van der Waals surface area contributed by atoms with E-state index < -0.39 is 11.9 Å². The molecule has 0 unspecified atom stereocenters. The molecule has 1 atom stereocenters. The maximum Gasteiger partial charge on any atom is 0.410 e. The molecule has 29 heavy (non-hydrogen) atoms. The standard InChI is InChI=1S/C20H33N7O2/c1-11-6-8-13(9-7-11)10-23-15-16(21)25-19(17(22)26-20(28)29)27-18(15)24-12(2)14-4-3-5-14/h11-14,23H,3-10H2,1-2H3,(H2,22,26)(H,28,29)(H3,21,24,25,27)/t11-,12-,13-/m1/s1. The summed E-state index contributed by atoms with van der Waals surface area (Å²) in [4.78, 5) is 19.5. The number of anilines is 3. The van der Waals surface area contributed by atoms with Gasteiger partial charge in [0.05, 0.1) is 0 Å². The van der Waals surface area contributed by atoms with E-state index >= 15 is 0 Å². The van der Waals surface area contributed by atoms with Gasteiger partial charge in [-0.1, -0.05) is 26.2 Å². The minimum Gasteiger partial charge on any atom is -0.465 e. The van der Waals surface area contributed by atoms with Gasteiger partial charge in [0.15, 0.2) is 23.3 Å². The molecule has 1 aromatic rings. The van der Waals surface area contributed by atoms with Crippen molar-refractivity contribution in [3.8, 4) is 0 Å². The first kappa shape index (κ1) is 21.1. The SMILES string of the molecule is C[C@@H](Nc1nc(C(=N)NC(=O)O)nc(N)c1NC[C@H]1CC[C@H](C)CC1)C1CCC1. The lowest BCUT2D eigenvalue weighted by Crippen LogP contribution is -2.33. The first-order chi connectivity index (χ1) is 13.8. The number of aromatic nitrogens is 2. The highest BCUT2D eigenvalue weighted by atomic mass is 16.4. The van der Waals surface area contributed by atoms with Crippen LogP contribution in [0.1, 0.15) is 64.6 Å². The zero-order valence-electron chi connectivity index (χ0n) is 17.3. The number of amidine groups is 1. The molecule has 0 saturated heterocycles. The number of rotatable bonds is 7. The van der Waals surface area contributed by atoms with Gasteiger partial charge in [-0.25, -0.2) is 14.8 Å². The quantitative estimate of drug-likeness (QED) is 0.301. The summed E-state index contributed by atoms with van der Waals surface area (Å²) in [5.74, 6) is 2.30. The van der Waals surface area contributed by atoms with Crippen molar-refractivity contribution in [1.82, 2.24) is 15.3 Å². The van der Waals surface area contributed by atoms with Gasteiger partial charge in [-0.2, -0.15) is 0 Å². The fraction of sp³-hybridized carbons (Fsp3) is 0.700. The third-order valence-corrected chi connectivity index (χ3v) is 6.32. The highest BCUT2D eigenvalue weighted by Crippen LogP contribution is 2.34.